The molecular formula is C17H26O5Si. The van der Waals surface area contributed by atoms with Crippen LogP contribution in [-0.4, -0.2) is 31.5 Å². The van der Waals surface area contributed by atoms with Crippen LogP contribution in [0.15, 0.2) is 30.3 Å². The summed E-state index contributed by atoms with van der Waals surface area (Å²) in [4.78, 5) is 23.3. The number of aliphatic carboxylic acids is 1. The van der Waals surface area contributed by atoms with Gasteiger partial charge in [-0.1, -0.05) is 51.1 Å². The van der Waals surface area contributed by atoms with Crippen molar-refractivity contribution >= 4 is 20.3 Å². The van der Waals surface area contributed by atoms with E-state index in [1.807, 2.05) is 64.2 Å². The number of esters is 1. The summed E-state index contributed by atoms with van der Waals surface area (Å²) in [6.07, 6.45) is -1.46. The molecule has 0 aliphatic carbocycles. The van der Waals surface area contributed by atoms with Gasteiger partial charge in [-0.15, -0.1) is 0 Å². The average Bonchev–Trinajstić information content (AvgIpc) is 2.43. The largest absolute Gasteiger partial charge is 0.481 e. The van der Waals surface area contributed by atoms with Crippen molar-refractivity contribution in [2.24, 2.45) is 0 Å². The highest BCUT2D eigenvalue weighted by Gasteiger charge is 2.41. The SMILES string of the molecule is CC(C)(C)[Si](C)(C)O[C@@H](CC(=O)O)C(=O)OCc1ccccc1. The van der Waals surface area contributed by atoms with Gasteiger partial charge in [0, 0.05) is 0 Å². The van der Waals surface area contributed by atoms with Crippen molar-refractivity contribution in [2.75, 3.05) is 0 Å². The van der Waals surface area contributed by atoms with E-state index < -0.39 is 26.4 Å². The zero-order valence-corrected chi connectivity index (χ0v) is 15.5. The minimum absolute atomic E-state index is 0.108. The van der Waals surface area contributed by atoms with E-state index in [0.717, 1.165) is 5.56 Å². The first-order valence-corrected chi connectivity index (χ1v) is 10.5. The summed E-state index contributed by atoms with van der Waals surface area (Å²) in [7, 11) is -2.27. The van der Waals surface area contributed by atoms with Crippen LogP contribution in [0.5, 0.6) is 0 Å². The molecule has 1 N–H and O–H groups in total. The van der Waals surface area contributed by atoms with Gasteiger partial charge in [0.2, 0.25) is 0 Å². The van der Waals surface area contributed by atoms with Crippen LogP contribution in [0.25, 0.3) is 0 Å². The van der Waals surface area contributed by atoms with Crippen LogP contribution in [0, 0.1) is 0 Å². The Morgan fingerprint density at radius 3 is 2.22 bits per heavy atom. The Kier molecular flexibility index (Phi) is 6.53. The first-order valence-electron chi connectivity index (χ1n) is 7.63. The first kappa shape index (κ1) is 19.4. The summed E-state index contributed by atoms with van der Waals surface area (Å²) >= 11 is 0. The fourth-order valence-electron chi connectivity index (χ4n) is 1.69. The van der Waals surface area contributed by atoms with Gasteiger partial charge in [-0.2, -0.15) is 0 Å². The van der Waals surface area contributed by atoms with Crippen molar-refractivity contribution in [3.63, 3.8) is 0 Å². The van der Waals surface area contributed by atoms with E-state index in [2.05, 4.69) is 0 Å². The quantitative estimate of drug-likeness (QED) is 0.607. The molecule has 5 nitrogen and oxygen atoms in total. The third kappa shape index (κ3) is 6.15. The second-order valence-corrected chi connectivity index (χ2v) is 11.8. The Bertz CT molecular complexity index is 534. The molecule has 1 atom stereocenters. The van der Waals surface area contributed by atoms with E-state index in [0.29, 0.717) is 0 Å². The molecule has 0 saturated heterocycles. The Morgan fingerprint density at radius 1 is 1.17 bits per heavy atom. The van der Waals surface area contributed by atoms with Crippen molar-refractivity contribution in [1.82, 2.24) is 0 Å². The highest BCUT2D eigenvalue weighted by atomic mass is 28.4. The summed E-state index contributed by atoms with van der Waals surface area (Å²) in [5.41, 5.74) is 0.849. The highest BCUT2D eigenvalue weighted by molar-refractivity contribution is 6.74. The van der Waals surface area contributed by atoms with Gasteiger partial charge in [0.1, 0.15) is 6.61 Å². The molecule has 0 aromatic heterocycles. The standard InChI is InChI=1S/C17H26O5Si/c1-17(2,3)23(4,5)22-14(11-15(18)19)16(20)21-12-13-9-7-6-8-10-13/h6-10,14H,11-12H2,1-5H3,(H,18,19)/t14-/m0/s1. The van der Waals surface area contributed by atoms with E-state index in [1.165, 1.54) is 0 Å². The average molecular weight is 338 g/mol. The molecule has 0 amide bonds. The normalized spacial score (nSPS) is 13.4. The molecule has 23 heavy (non-hydrogen) atoms. The van der Waals surface area contributed by atoms with Crippen molar-refractivity contribution in [1.29, 1.82) is 0 Å². The number of ether oxygens (including phenoxy) is 1. The van der Waals surface area contributed by atoms with Gasteiger partial charge in [-0.3, -0.25) is 4.79 Å². The van der Waals surface area contributed by atoms with Crippen LogP contribution in [0.4, 0.5) is 0 Å². The summed E-state index contributed by atoms with van der Waals surface area (Å²) in [5.74, 6) is -1.70. The third-order valence-corrected chi connectivity index (χ3v) is 8.58. The molecular weight excluding hydrogens is 312 g/mol. The second-order valence-electron chi connectivity index (χ2n) is 7.06. The molecule has 0 saturated carbocycles. The van der Waals surface area contributed by atoms with Gasteiger partial charge < -0.3 is 14.3 Å². The number of benzene rings is 1. The molecule has 128 valence electrons. The molecule has 0 unspecified atom stereocenters. The summed E-state index contributed by atoms with van der Waals surface area (Å²) < 4.78 is 11.2. The second kappa shape index (κ2) is 7.74. The van der Waals surface area contributed by atoms with Crippen LogP contribution < -0.4 is 0 Å². The van der Waals surface area contributed by atoms with E-state index in [-0.39, 0.29) is 18.1 Å². The molecule has 0 radical (unpaired) electrons. The summed E-state index contributed by atoms with van der Waals surface area (Å²) in [5, 5.41) is 8.92. The van der Waals surface area contributed by atoms with Crippen molar-refractivity contribution in [3.8, 4) is 0 Å². The number of carbonyl (C=O) groups excluding carboxylic acids is 1. The highest BCUT2D eigenvalue weighted by Crippen LogP contribution is 2.37. The maximum absolute atomic E-state index is 12.3. The Labute approximate surface area is 138 Å². The molecule has 0 heterocycles. The lowest BCUT2D eigenvalue weighted by molar-refractivity contribution is -0.158. The smallest absolute Gasteiger partial charge is 0.334 e. The summed E-state index contributed by atoms with van der Waals surface area (Å²) in [6, 6.07) is 9.26. The summed E-state index contributed by atoms with van der Waals surface area (Å²) in [6.45, 7) is 10.2. The van der Waals surface area contributed by atoms with Gasteiger partial charge >= 0.3 is 11.9 Å². The van der Waals surface area contributed by atoms with Crippen molar-refractivity contribution in [2.45, 2.75) is 58.0 Å². The lowest BCUT2D eigenvalue weighted by Gasteiger charge is -2.38. The van der Waals surface area contributed by atoms with Gasteiger partial charge in [0.05, 0.1) is 6.42 Å². The molecule has 1 aromatic rings. The van der Waals surface area contributed by atoms with E-state index in [9.17, 15) is 9.59 Å². The molecule has 0 aliphatic rings. The van der Waals surface area contributed by atoms with Crippen LogP contribution in [0.2, 0.25) is 18.1 Å². The zero-order chi connectivity index (χ0) is 17.7. The maximum atomic E-state index is 12.3. The third-order valence-electron chi connectivity index (χ3n) is 4.09. The van der Waals surface area contributed by atoms with Gasteiger partial charge in [-0.05, 0) is 23.7 Å². The predicted octanol–water partition coefficient (Wildman–Crippen LogP) is 3.59. The lowest BCUT2D eigenvalue weighted by Crippen LogP contribution is -2.47. The van der Waals surface area contributed by atoms with E-state index >= 15 is 0 Å². The first-order chi connectivity index (χ1) is 10.5. The number of hydrogen-bond acceptors (Lipinski definition) is 4. The van der Waals surface area contributed by atoms with Gasteiger partial charge in [0.25, 0.3) is 0 Å². The van der Waals surface area contributed by atoms with Crippen LogP contribution in [0.3, 0.4) is 0 Å². The van der Waals surface area contributed by atoms with Crippen molar-refractivity contribution in [3.05, 3.63) is 35.9 Å². The predicted molar refractivity (Wildman–Crippen MR) is 90.6 cm³/mol. The van der Waals surface area contributed by atoms with Crippen LogP contribution >= 0.6 is 0 Å². The lowest BCUT2D eigenvalue weighted by atomic mass is 10.2. The zero-order valence-electron chi connectivity index (χ0n) is 14.5. The van der Waals surface area contributed by atoms with E-state index in [4.69, 9.17) is 14.3 Å². The number of carboxylic acid groups (broad SMARTS) is 1. The monoisotopic (exact) mass is 338 g/mol. The molecule has 0 fully saturated rings. The maximum Gasteiger partial charge on any atom is 0.334 e. The molecule has 0 bridgehead atoms. The number of rotatable bonds is 7. The molecule has 1 aromatic carbocycles. The minimum atomic E-state index is -2.27. The number of hydrogen-bond donors (Lipinski definition) is 1. The van der Waals surface area contributed by atoms with Gasteiger partial charge in [0.15, 0.2) is 14.4 Å². The number of carbonyl (C=O) groups is 2. The van der Waals surface area contributed by atoms with E-state index in [1.54, 1.807) is 0 Å². The molecule has 1 rings (SSSR count). The molecule has 6 heteroatoms. The van der Waals surface area contributed by atoms with Crippen LogP contribution in [-0.2, 0) is 25.4 Å². The van der Waals surface area contributed by atoms with Crippen LogP contribution in [0.1, 0.15) is 32.8 Å². The number of carboxylic acids is 1. The van der Waals surface area contributed by atoms with Gasteiger partial charge in [-0.25, -0.2) is 4.79 Å². The Balaban J connectivity index is 2.77. The minimum Gasteiger partial charge on any atom is -0.481 e. The topological polar surface area (TPSA) is 72.8 Å². The fourth-order valence-corrected chi connectivity index (χ4v) is 2.93. The molecule has 0 aliphatic heterocycles. The Hall–Kier alpha value is -1.66. The van der Waals surface area contributed by atoms with Crippen molar-refractivity contribution < 1.29 is 23.9 Å². The fraction of sp³-hybridized carbons (Fsp3) is 0.529. The molecule has 0 spiro atoms. The Morgan fingerprint density at radius 2 is 1.74 bits per heavy atom.